The maximum Gasteiger partial charge on any atom is 0.416 e. The summed E-state index contributed by atoms with van der Waals surface area (Å²) in [5, 5.41) is 13.1. The summed E-state index contributed by atoms with van der Waals surface area (Å²) in [5.74, 6) is -0.918. The van der Waals surface area contributed by atoms with Crippen molar-refractivity contribution in [3.8, 4) is 5.75 Å². The minimum Gasteiger partial charge on any atom is -0.489 e. The van der Waals surface area contributed by atoms with E-state index in [1.165, 1.54) is 23.0 Å². The van der Waals surface area contributed by atoms with Crippen molar-refractivity contribution in [2.24, 2.45) is 0 Å². The van der Waals surface area contributed by atoms with E-state index >= 15 is 0 Å². The number of hydrogen-bond donors (Lipinski definition) is 1. The van der Waals surface area contributed by atoms with Crippen molar-refractivity contribution in [3.05, 3.63) is 47.3 Å². The van der Waals surface area contributed by atoms with Crippen LogP contribution in [-0.2, 0) is 19.3 Å². The van der Waals surface area contributed by atoms with Gasteiger partial charge in [-0.1, -0.05) is 0 Å². The largest absolute Gasteiger partial charge is 0.489 e. The van der Waals surface area contributed by atoms with Crippen LogP contribution in [0.15, 0.2) is 30.5 Å². The van der Waals surface area contributed by atoms with Gasteiger partial charge in [-0.25, -0.2) is 4.79 Å². The van der Waals surface area contributed by atoms with Crippen LogP contribution in [0.5, 0.6) is 5.75 Å². The van der Waals surface area contributed by atoms with Crippen LogP contribution < -0.4 is 4.74 Å². The van der Waals surface area contributed by atoms with Crippen LogP contribution in [0.3, 0.4) is 0 Å². The SMILES string of the molecule is CCn1ncc(COc2ccc(C(F)(F)F)cc2)c1C(=O)O. The second-order valence-corrected chi connectivity index (χ2v) is 4.45. The molecule has 22 heavy (non-hydrogen) atoms. The molecule has 5 nitrogen and oxygen atoms in total. The number of ether oxygens (including phenoxy) is 1. The third-order valence-corrected chi connectivity index (χ3v) is 2.99. The molecule has 0 fully saturated rings. The lowest BCUT2D eigenvalue weighted by molar-refractivity contribution is -0.137. The minimum atomic E-state index is -4.41. The van der Waals surface area contributed by atoms with Gasteiger partial charge >= 0.3 is 12.1 Å². The number of aromatic nitrogens is 2. The van der Waals surface area contributed by atoms with E-state index in [4.69, 9.17) is 9.84 Å². The molecule has 0 bridgehead atoms. The molecule has 2 rings (SSSR count). The number of carboxylic acids is 1. The number of alkyl halides is 3. The molecule has 0 radical (unpaired) electrons. The van der Waals surface area contributed by atoms with Crippen molar-refractivity contribution in [2.75, 3.05) is 0 Å². The summed E-state index contributed by atoms with van der Waals surface area (Å²) < 4.78 is 43.9. The summed E-state index contributed by atoms with van der Waals surface area (Å²) in [6.45, 7) is 2.05. The molecule has 0 aliphatic carbocycles. The Hall–Kier alpha value is -2.51. The fraction of sp³-hybridized carbons (Fsp3) is 0.286. The highest BCUT2D eigenvalue weighted by Crippen LogP contribution is 2.30. The van der Waals surface area contributed by atoms with Crippen LogP contribution in [0.1, 0.15) is 28.5 Å². The average Bonchev–Trinajstić information content (AvgIpc) is 2.87. The fourth-order valence-electron chi connectivity index (χ4n) is 1.92. The third-order valence-electron chi connectivity index (χ3n) is 2.99. The summed E-state index contributed by atoms with van der Waals surface area (Å²) in [6.07, 6.45) is -3.03. The standard InChI is InChI=1S/C14H13F3N2O3/c1-2-19-12(13(20)21)9(7-18-19)8-22-11-5-3-10(4-6-11)14(15,16)17/h3-7H,2,8H2,1H3,(H,20,21). The first-order valence-corrected chi connectivity index (χ1v) is 6.41. The molecule has 1 aromatic carbocycles. The van der Waals surface area contributed by atoms with Crippen molar-refractivity contribution < 1.29 is 27.8 Å². The lowest BCUT2D eigenvalue weighted by Gasteiger charge is -2.09. The molecule has 2 aromatic rings. The molecule has 0 saturated carbocycles. The van der Waals surface area contributed by atoms with E-state index in [0.29, 0.717) is 12.1 Å². The highest BCUT2D eigenvalue weighted by molar-refractivity contribution is 5.87. The average molecular weight is 314 g/mol. The van der Waals surface area contributed by atoms with Crippen LogP contribution in [0, 0.1) is 0 Å². The molecular formula is C14H13F3N2O3. The quantitative estimate of drug-likeness (QED) is 0.920. The van der Waals surface area contributed by atoms with Gasteiger partial charge in [0.05, 0.1) is 11.8 Å². The van der Waals surface area contributed by atoms with Gasteiger partial charge in [0.25, 0.3) is 0 Å². The number of nitrogens with zero attached hydrogens (tertiary/aromatic N) is 2. The normalized spacial score (nSPS) is 11.5. The summed E-state index contributed by atoms with van der Waals surface area (Å²) >= 11 is 0. The van der Waals surface area contributed by atoms with Crippen molar-refractivity contribution in [3.63, 3.8) is 0 Å². The minimum absolute atomic E-state index is 0.00871. The molecule has 0 spiro atoms. The van der Waals surface area contributed by atoms with E-state index in [2.05, 4.69) is 5.10 Å². The van der Waals surface area contributed by atoms with Gasteiger partial charge in [-0.15, -0.1) is 0 Å². The molecule has 0 amide bonds. The first-order valence-electron chi connectivity index (χ1n) is 6.41. The molecule has 0 aliphatic heterocycles. The number of halogens is 3. The van der Waals surface area contributed by atoms with Crippen LogP contribution in [0.4, 0.5) is 13.2 Å². The monoisotopic (exact) mass is 314 g/mol. The number of hydrogen-bond acceptors (Lipinski definition) is 3. The lowest BCUT2D eigenvalue weighted by Crippen LogP contribution is -2.11. The molecule has 0 aliphatic rings. The van der Waals surface area contributed by atoms with Crippen molar-refractivity contribution >= 4 is 5.97 Å². The predicted molar refractivity (Wildman–Crippen MR) is 70.6 cm³/mol. The molecule has 118 valence electrons. The second kappa shape index (κ2) is 6.08. The highest BCUT2D eigenvalue weighted by atomic mass is 19.4. The van der Waals surface area contributed by atoms with Crippen molar-refractivity contribution in [2.45, 2.75) is 26.3 Å². The Bertz CT molecular complexity index is 663. The van der Waals surface area contributed by atoms with Crippen LogP contribution in [-0.4, -0.2) is 20.9 Å². The van der Waals surface area contributed by atoms with Crippen LogP contribution in [0.25, 0.3) is 0 Å². The van der Waals surface area contributed by atoms with E-state index in [1.54, 1.807) is 6.92 Å². The zero-order valence-electron chi connectivity index (χ0n) is 11.6. The Morgan fingerprint density at radius 1 is 1.32 bits per heavy atom. The number of carboxylic acid groups (broad SMARTS) is 1. The van der Waals surface area contributed by atoms with Gasteiger partial charge in [0.1, 0.15) is 12.4 Å². The maximum atomic E-state index is 12.4. The van der Waals surface area contributed by atoms with E-state index in [1.807, 2.05) is 0 Å². The molecule has 1 heterocycles. The molecule has 0 atom stereocenters. The number of aromatic carboxylic acids is 1. The zero-order valence-corrected chi connectivity index (χ0v) is 11.6. The summed E-state index contributed by atoms with van der Waals surface area (Å²) in [4.78, 5) is 11.2. The number of carbonyl (C=O) groups is 1. The molecule has 1 N–H and O–H groups in total. The molecule has 8 heteroatoms. The third kappa shape index (κ3) is 3.38. The first-order chi connectivity index (χ1) is 10.3. The van der Waals surface area contributed by atoms with Gasteiger partial charge in [0.15, 0.2) is 5.69 Å². The zero-order chi connectivity index (χ0) is 16.3. The van der Waals surface area contributed by atoms with Crippen molar-refractivity contribution in [1.82, 2.24) is 9.78 Å². The topological polar surface area (TPSA) is 64.4 Å². The summed E-state index contributed by atoms with van der Waals surface area (Å²) in [7, 11) is 0. The molecule has 1 aromatic heterocycles. The van der Waals surface area contributed by atoms with E-state index in [0.717, 1.165) is 12.1 Å². The van der Waals surface area contributed by atoms with Gasteiger partial charge in [-0.3, -0.25) is 4.68 Å². The smallest absolute Gasteiger partial charge is 0.416 e. The Morgan fingerprint density at radius 2 is 1.95 bits per heavy atom. The van der Waals surface area contributed by atoms with E-state index in [9.17, 15) is 18.0 Å². The first kappa shape index (κ1) is 15.9. The lowest BCUT2D eigenvalue weighted by atomic mass is 10.2. The van der Waals surface area contributed by atoms with Gasteiger partial charge in [0.2, 0.25) is 0 Å². The Balaban J connectivity index is 2.11. The Kier molecular flexibility index (Phi) is 4.39. The molecule has 0 saturated heterocycles. The van der Waals surface area contributed by atoms with Crippen molar-refractivity contribution in [1.29, 1.82) is 0 Å². The molecule has 0 unspecified atom stereocenters. The number of benzene rings is 1. The number of rotatable bonds is 5. The van der Waals surface area contributed by atoms with Crippen LogP contribution >= 0.6 is 0 Å². The van der Waals surface area contributed by atoms with Gasteiger partial charge in [-0.2, -0.15) is 18.3 Å². The van der Waals surface area contributed by atoms with Gasteiger partial charge in [-0.05, 0) is 31.2 Å². The highest BCUT2D eigenvalue weighted by Gasteiger charge is 2.30. The fourth-order valence-corrected chi connectivity index (χ4v) is 1.92. The van der Waals surface area contributed by atoms with Crippen LogP contribution in [0.2, 0.25) is 0 Å². The number of aryl methyl sites for hydroxylation is 1. The predicted octanol–water partition coefficient (Wildman–Crippen LogP) is 3.20. The van der Waals surface area contributed by atoms with Gasteiger partial charge in [0, 0.05) is 12.1 Å². The summed E-state index contributed by atoms with van der Waals surface area (Å²) in [5.41, 5.74) is -0.409. The summed E-state index contributed by atoms with van der Waals surface area (Å²) in [6, 6.07) is 4.19. The van der Waals surface area contributed by atoms with E-state index in [-0.39, 0.29) is 18.1 Å². The molecular weight excluding hydrogens is 301 g/mol. The van der Waals surface area contributed by atoms with Gasteiger partial charge < -0.3 is 9.84 Å². The Morgan fingerprint density at radius 3 is 2.45 bits per heavy atom. The maximum absolute atomic E-state index is 12.4. The Labute approximate surface area is 123 Å². The van der Waals surface area contributed by atoms with E-state index < -0.39 is 17.7 Å². The second-order valence-electron chi connectivity index (χ2n) is 4.45.